The van der Waals surface area contributed by atoms with Crippen molar-refractivity contribution in [1.29, 1.82) is 0 Å². The Hall–Kier alpha value is -1.73. The number of halogens is 2. The molecule has 0 radical (unpaired) electrons. The average molecular weight is 381 g/mol. The molecule has 24 heavy (non-hydrogen) atoms. The second-order valence-electron chi connectivity index (χ2n) is 5.55. The van der Waals surface area contributed by atoms with Gasteiger partial charge in [0.2, 0.25) is 4.77 Å². The third-order valence-corrected chi connectivity index (χ3v) is 4.67. The molecule has 1 heterocycles. The molecule has 0 amide bonds. The van der Waals surface area contributed by atoms with Gasteiger partial charge in [-0.1, -0.05) is 47.5 Å². The average Bonchev–Trinajstić information content (AvgIpc) is 2.92. The van der Waals surface area contributed by atoms with Crippen LogP contribution in [0.4, 0.5) is 0 Å². The molecule has 5 nitrogen and oxygen atoms in total. The quantitative estimate of drug-likeness (QED) is 0.691. The van der Waals surface area contributed by atoms with Gasteiger partial charge in [0, 0.05) is 5.56 Å². The number of nitrogens with zero attached hydrogens (tertiary/aromatic N) is 4. The first-order valence-electron chi connectivity index (χ1n) is 7.38. The van der Waals surface area contributed by atoms with E-state index >= 15 is 0 Å². The maximum Gasteiger partial charge on any atom is 0.225 e. The Morgan fingerprint density at radius 2 is 1.79 bits per heavy atom. The number of nitrogens with one attached hydrogen (secondary N) is 1. The summed E-state index contributed by atoms with van der Waals surface area (Å²) in [5.74, 6) is 0. The molecule has 0 bridgehead atoms. The normalized spacial score (nSPS) is 12.3. The molecular formula is C16H16Cl2N5S+. The first-order chi connectivity index (χ1) is 11.5. The lowest BCUT2D eigenvalue weighted by atomic mass is 10.2. The summed E-state index contributed by atoms with van der Waals surface area (Å²) in [6.45, 7) is 1.38. The second kappa shape index (κ2) is 7.44. The third-order valence-electron chi connectivity index (χ3n) is 3.55. The van der Waals surface area contributed by atoms with Crippen LogP contribution < -0.4 is 4.90 Å². The van der Waals surface area contributed by atoms with E-state index in [1.54, 1.807) is 9.36 Å². The molecule has 0 fully saturated rings. The molecule has 0 aliphatic rings. The fraction of sp³-hybridized carbons (Fsp3) is 0.188. The Balaban J connectivity index is 1.73. The zero-order valence-electron chi connectivity index (χ0n) is 13.0. The van der Waals surface area contributed by atoms with Gasteiger partial charge in [0.1, 0.15) is 6.54 Å². The fourth-order valence-corrected chi connectivity index (χ4v) is 2.98. The second-order valence-corrected chi connectivity index (χ2v) is 6.73. The summed E-state index contributed by atoms with van der Waals surface area (Å²) in [6.07, 6.45) is 0. The highest BCUT2D eigenvalue weighted by Crippen LogP contribution is 2.22. The highest BCUT2D eigenvalue weighted by atomic mass is 35.5. The molecule has 0 saturated heterocycles. The zero-order chi connectivity index (χ0) is 17.1. The zero-order valence-corrected chi connectivity index (χ0v) is 15.3. The molecule has 3 aromatic rings. The summed E-state index contributed by atoms with van der Waals surface area (Å²) in [5.41, 5.74) is 2.00. The molecule has 0 aliphatic carbocycles. The number of para-hydroxylation sites is 1. The van der Waals surface area contributed by atoms with Crippen LogP contribution in [0.3, 0.4) is 0 Å². The van der Waals surface area contributed by atoms with Crippen LogP contribution in [-0.4, -0.2) is 26.8 Å². The summed E-state index contributed by atoms with van der Waals surface area (Å²) in [7, 11) is 2.06. The molecular weight excluding hydrogens is 365 g/mol. The van der Waals surface area contributed by atoms with Crippen molar-refractivity contribution in [3.05, 3.63) is 68.9 Å². The van der Waals surface area contributed by atoms with Crippen LogP contribution in [0.25, 0.3) is 5.69 Å². The summed E-state index contributed by atoms with van der Waals surface area (Å²) >= 11 is 17.5. The van der Waals surface area contributed by atoms with Crippen LogP contribution >= 0.6 is 35.4 Å². The van der Waals surface area contributed by atoms with E-state index in [1.165, 1.54) is 4.90 Å². The van der Waals surface area contributed by atoms with Crippen molar-refractivity contribution in [1.82, 2.24) is 19.8 Å². The third kappa shape index (κ3) is 3.84. The monoisotopic (exact) mass is 380 g/mol. The summed E-state index contributed by atoms with van der Waals surface area (Å²) in [6, 6.07) is 15.4. The number of tetrazole rings is 1. The molecule has 0 spiro atoms. The topological polar surface area (TPSA) is 40.1 Å². The maximum absolute atomic E-state index is 6.07. The van der Waals surface area contributed by atoms with Crippen molar-refractivity contribution in [2.75, 3.05) is 7.05 Å². The van der Waals surface area contributed by atoms with E-state index in [0.29, 0.717) is 21.5 Å². The van der Waals surface area contributed by atoms with Crippen molar-refractivity contribution in [3.63, 3.8) is 0 Å². The van der Waals surface area contributed by atoms with Crippen LogP contribution in [-0.2, 0) is 13.2 Å². The molecule has 2 aromatic carbocycles. The van der Waals surface area contributed by atoms with E-state index in [4.69, 9.17) is 35.4 Å². The van der Waals surface area contributed by atoms with Crippen molar-refractivity contribution < 1.29 is 4.90 Å². The molecule has 1 atom stereocenters. The van der Waals surface area contributed by atoms with Crippen LogP contribution in [0.2, 0.25) is 10.0 Å². The van der Waals surface area contributed by atoms with E-state index in [-0.39, 0.29) is 0 Å². The van der Waals surface area contributed by atoms with Crippen LogP contribution in [0, 0.1) is 4.77 Å². The van der Waals surface area contributed by atoms with Crippen molar-refractivity contribution in [2.24, 2.45) is 0 Å². The molecule has 124 valence electrons. The van der Waals surface area contributed by atoms with E-state index in [1.807, 2.05) is 48.5 Å². The SMILES string of the molecule is C[NH+](Cc1ccc(Cl)c(Cl)c1)Cn1nnn(-c2ccccc2)c1=S. The molecule has 3 rings (SSSR count). The van der Waals surface area contributed by atoms with E-state index in [9.17, 15) is 0 Å². The van der Waals surface area contributed by atoms with Gasteiger partial charge in [0.15, 0.2) is 6.67 Å². The lowest BCUT2D eigenvalue weighted by Crippen LogP contribution is -3.07. The number of hydrogen-bond acceptors (Lipinski definition) is 3. The largest absolute Gasteiger partial charge is 0.315 e. The minimum atomic E-state index is 0.561. The Morgan fingerprint density at radius 1 is 1.04 bits per heavy atom. The van der Waals surface area contributed by atoms with E-state index in [2.05, 4.69) is 17.5 Å². The Kier molecular flexibility index (Phi) is 5.30. The molecule has 1 N–H and O–H groups in total. The molecule has 0 saturated carbocycles. The summed E-state index contributed by atoms with van der Waals surface area (Å²) < 4.78 is 3.94. The maximum atomic E-state index is 6.07. The first kappa shape index (κ1) is 17.1. The lowest BCUT2D eigenvalue weighted by molar-refractivity contribution is -0.917. The molecule has 1 unspecified atom stereocenters. The van der Waals surface area contributed by atoms with Crippen LogP contribution in [0.15, 0.2) is 48.5 Å². The van der Waals surface area contributed by atoms with Gasteiger partial charge in [0.05, 0.1) is 22.8 Å². The Morgan fingerprint density at radius 3 is 2.50 bits per heavy atom. The highest BCUT2D eigenvalue weighted by Gasteiger charge is 2.11. The van der Waals surface area contributed by atoms with Crippen molar-refractivity contribution in [2.45, 2.75) is 13.2 Å². The van der Waals surface area contributed by atoms with Gasteiger partial charge < -0.3 is 4.90 Å². The first-order valence-corrected chi connectivity index (χ1v) is 8.54. The molecule has 1 aromatic heterocycles. The van der Waals surface area contributed by atoms with E-state index in [0.717, 1.165) is 17.8 Å². The van der Waals surface area contributed by atoms with Crippen LogP contribution in [0.1, 0.15) is 5.56 Å². The summed E-state index contributed by atoms with van der Waals surface area (Å²) in [5, 5.41) is 9.43. The number of rotatable bonds is 5. The minimum absolute atomic E-state index is 0.561. The minimum Gasteiger partial charge on any atom is -0.315 e. The van der Waals surface area contributed by atoms with Crippen molar-refractivity contribution >= 4 is 35.4 Å². The predicted molar refractivity (Wildman–Crippen MR) is 97.2 cm³/mol. The van der Waals surface area contributed by atoms with Gasteiger partial charge in [0.25, 0.3) is 0 Å². The number of quaternary nitrogens is 1. The Labute approximate surface area is 155 Å². The summed E-state index contributed by atoms with van der Waals surface area (Å²) in [4.78, 5) is 1.20. The number of benzene rings is 2. The van der Waals surface area contributed by atoms with Gasteiger partial charge >= 0.3 is 0 Å². The molecule has 0 aliphatic heterocycles. The van der Waals surface area contributed by atoms with Crippen molar-refractivity contribution in [3.8, 4) is 5.69 Å². The predicted octanol–water partition coefficient (Wildman–Crippen LogP) is 2.78. The standard InChI is InChI=1S/C16H15Cl2N5S/c1-21(10-12-7-8-14(17)15(18)9-12)11-22-16(24)23(20-19-22)13-5-3-2-4-6-13/h2-9H,10-11H2,1H3/p+1. The van der Waals surface area contributed by atoms with Gasteiger partial charge in [-0.05, 0) is 46.9 Å². The van der Waals surface area contributed by atoms with Gasteiger partial charge in [-0.25, -0.2) is 0 Å². The number of aromatic nitrogens is 4. The van der Waals surface area contributed by atoms with Crippen LogP contribution in [0.5, 0.6) is 0 Å². The van der Waals surface area contributed by atoms with Gasteiger partial charge in [-0.3, -0.25) is 0 Å². The smallest absolute Gasteiger partial charge is 0.225 e. The highest BCUT2D eigenvalue weighted by molar-refractivity contribution is 7.71. The lowest BCUT2D eigenvalue weighted by Gasteiger charge is -2.13. The van der Waals surface area contributed by atoms with Gasteiger partial charge in [-0.2, -0.15) is 9.36 Å². The molecule has 8 heteroatoms. The van der Waals surface area contributed by atoms with E-state index < -0.39 is 0 Å². The number of hydrogen-bond donors (Lipinski definition) is 1. The Bertz CT molecular complexity index is 891. The fourth-order valence-electron chi connectivity index (χ4n) is 2.41. The van der Waals surface area contributed by atoms with Gasteiger partial charge in [-0.15, -0.1) is 0 Å².